The van der Waals surface area contributed by atoms with Gasteiger partial charge in [-0.05, 0) is 61.7 Å². The minimum atomic E-state index is -0.124. The molecule has 0 radical (unpaired) electrons. The van der Waals surface area contributed by atoms with E-state index in [0.29, 0.717) is 19.6 Å². The molecular formula is C30H32N4O4. The van der Waals surface area contributed by atoms with Crippen molar-refractivity contribution < 1.29 is 14.3 Å². The molecule has 1 aliphatic heterocycles. The Morgan fingerprint density at radius 2 is 1.92 bits per heavy atom. The summed E-state index contributed by atoms with van der Waals surface area (Å²) in [4.78, 5) is 31.9. The van der Waals surface area contributed by atoms with Gasteiger partial charge >= 0.3 is 0 Å². The molecule has 4 aromatic rings. The zero-order valence-corrected chi connectivity index (χ0v) is 22.0. The molecule has 0 aliphatic carbocycles. The van der Waals surface area contributed by atoms with Gasteiger partial charge in [0.2, 0.25) is 11.5 Å². The van der Waals surface area contributed by atoms with E-state index >= 15 is 0 Å². The number of nitrogens with zero attached hydrogens (tertiary/aromatic N) is 3. The van der Waals surface area contributed by atoms with Crippen molar-refractivity contribution in [2.75, 3.05) is 20.3 Å². The molecule has 2 aromatic heterocycles. The van der Waals surface area contributed by atoms with Crippen LogP contribution in [0.4, 0.5) is 0 Å². The van der Waals surface area contributed by atoms with Gasteiger partial charge in [-0.25, -0.2) is 9.99 Å². The molecule has 0 bridgehead atoms. The molecule has 8 heteroatoms. The molecule has 0 saturated heterocycles. The van der Waals surface area contributed by atoms with Gasteiger partial charge in [0.1, 0.15) is 17.0 Å². The normalized spacial score (nSPS) is 15.7. The summed E-state index contributed by atoms with van der Waals surface area (Å²) < 4.78 is 11.5. The van der Waals surface area contributed by atoms with Crippen LogP contribution < -0.4 is 15.0 Å². The van der Waals surface area contributed by atoms with E-state index < -0.39 is 0 Å². The summed E-state index contributed by atoms with van der Waals surface area (Å²) in [7, 11) is 1.65. The van der Waals surface area contributed by atoms with Crippen LogP contribution in [0.3, 0.4) is 0 Å². The average molecular weight is 513 g/mol. The first-order valence-electron chi connectivity index (χ1n) is 13.1. The number of carbonyl (C=O) groups excluding carboxylic acids is 1. The van der Waals surface area contributed by atoms with E-state index in [-0.39, 0.29) is 17.4 Å². The van der Waals surface area contributed by atoms with E-state index in [4.69, 9.17) is 19.6 Å². The Morgan fingerprint density at radius 1 is 1.05 bits per heavy atom. The zero-order chi connectivity index (χ0) is 26.6. The van der Waals surface area contributed by atoms with Crippen LogP contribution in [-0.4, -0.2) is 46.9 Å². The van der Waals surface area contributed by atoms with Crippen LogP contribution in [0.1, 0.15) is 44.4 Å². The number of hydrogen-bond acceptors (Lipinski definition) is 6. The molecule has 1 N–H and O–H groups in total. The monoisotopic (exact) mass is 512 g/mol. The Kier molecular flexibility index (Phi) is 7.40. The number of carbonyl (C=O) groups is 1. The van der Waals surface area contributed by atoms with Crippen LogP contribution >= 0.6 is 0 Å². The number of rotatable bonds is 9. The smallest absolute Gasteiger partial charge is 0.248 e. The fourth-order valence-corrected chi connectivity index (χ4v) is 4.84. The Labute approximate surface area is 221 Å². The maximum absolute atomic E-state index is 12.8. The van der Waals surface area contributed by atoms with Crippen molar-refractivity contribution in [1.82, 2.24) is 15.0 Å². The predicted octanol–water partition coefficient (Wildman–Crippen LogP) is 5.08. The molecule has 0 spiro atoms. The number of methoxy groups -OCH3 is 1. The second-order valence-corrected chi connectivity index (χ2v) is 9.60. The van der Waals surface area contributed by atoms with Gasteiger partial charge in [0.05, 0.1) is 19.4 Å². The highest BCUT2D eigenvalue weighted by atomic mass is 16.5. The lowest BCUT2D eigenvalue weighted by atomic mass is 9.91. The molecule has 0 fully saturated rings. The molecule has 1 amide bonds. The van der Waals surface area contributed by atoms with Gasteiger partial charge < -0.3 is 14.5 Å². The number of hydrazone groups is 1. The number of H-pyrrole nitrogens is 1. The lowest BCUT2D eigenvalue weighted by Crippen LogP contribution is -2.37. The summed E-state index contributed by atoms with van der Waals surface area (Å²) in [5.74, 6) is 1.52. The highest BCUT2D eigenvalue weighted by molar-refractivity contribution is 6.14. The van der Waals surface area contributed by atoms with Gasteiger partial charge in [-0.1, -0.05) is 19.9 Å². The third-order valence-electron chi connectivity index (χ3n) is 6.93. The largest absolute Gasteiger partial charge is 0.494 e. The van der Waals surface area contributed by atoms with Crippen molar-refractivity contribution in [3.63, 3.8) is 0 Å². The summed E-state index contributed by atoms with van der Waals surface area (Å²) in [5.41, 5.74) is 4.36. The minimum Gasteiger partial charge on any atom is -0.494 e. The maximum atomic E-state index is 12.8. The minimum absolute atomic E-state index is 0.00683. The Hall–Kier alpha value is -4.20. The van der Waals surface area contributed by atoms with Crippen LogP contribution in [0.5, 0.6) is 11.5 Å². The quantitative estimate of drug-likeness (QED) is 0.316. The van der Waals surface area contributed by atoms with E-state index in [1.54, 1.807) is 18.2 Å². The molecule has 0 saturated carbocycles. The molecule has 5 rings (SSSR count). The number of nitrogens with one attached hydrogen (secondary N) is 1. The molecule has 1 unspecified atom stereocenters. The molecule has 196 valence electrons. The van der Waals surface area contributed by atoms with Gasteiger partial charge in [-0.2, -0.15) is 5.10 Å². The predicted molar refractivity (Wildman–Crippen MR) is 149 cm³/mol. The molecular weight excluding hydrogens is 480 g/mol. The SMILES string of the molecule is CCc1ccc2c(C3=NN(CCCCOc4ccc5[nH]c(=O)ccc5c4)C(=O)CC3C)ccc(OC)c2n1. The average Bonchev–Trinajstić information content (AvgIpc) is 2.93. The summed E-state index contributed by atoms with van der Waals surface area (Å²) in [6.07, 6.45) is 2.81. The van der Waals surface area contributed by atoms with Gasteiger partial charge in [0.25, 0.3) is 0 Å². The van der Waals surface area contributed by atoms with Crippen LogP contribution in [0, 0.1) is 5.92 Å². The van der Waals surface area contributed by atoms with Crippen molar-refractivity contribution in [2.24, 2.45) is 11.0 Å². The van der Waals surface area contributed by atoms with Gasteiger partial charge in [0, 0.05) is 52.5 Å². The molecule has 38 heavy (non-hydrogen) atoms. The lowest BCUT2D eigenvalue weighted by molar-refractivity contribution is -0.132. The number of amides is 1. The highest BCUT2D eigenvalue weighted by Crippen LogP contribution is 2.31. The summed E-state index contributed by atoms with van der Waals surface area (Å²) in [6, 6.07) is 17.0. The van der Waals surface area contributed by atoms with Crippen molar-refractivity contribution in [1.29, 1.82) is 0 Å². The maximum Gasteiger partial charge on any atom is 0.248 e. The number of pyridine rings is 2. The number of hydrogen-bond donors (Lipinski definition) is 1. The van der Waals surface area contributed by atoms with Crippen LogP contribution in [-0.2, 0) is 11.2 Å². The molecule has 1 atom stereocenters. The number of benzene rings is 2. The molecule has 2 aromatic carbocycles. The number of aryl methyl sites for hydroxylation is 1. The molecule has 1 aliphatic rings. The topological polar surface area (TPSA) is 96.9 Å². The Balaban J connectivity index is 1.27. The van der Waals surface area contributed by atoms with E-state index in [0.717, 1.165) is 69.5 Å². The number of ether oxygens (including phenoxy) is 2. The van der Waals surface area contributed by atoms with Crippen LogP contribution in [0.2, 0.25) is 0 Å². The van der Waals surface area contributed by atoms with Crippen LogP contribution in [0.15, 0.2) is 64.5 Å². The third kappa shape index (κ3) is 5.25. The Bertz CT molecular complexity index is 1580. The Morgan fingerprint density at radius 3 is 2.74 bits per heavy atom. The standard InChI is InChI=1S/C30H32N4O4/c1-4-21-8-10-24-23(11-13-26(37-3)30(24)31-21)29-19(2)17-28(36)34(33-29)15-5-6-16-38-22-9-12-25-20(18-22)7-14-27(35)32-25/h7-14,18-19H,4-6,15-17H2,1-3H3,(H,32,35). The van der Waals surface area contributed by atoms with E-state index in [1.807, 2.05) is 43.3 Å². The lowest BCUT2D eigenvalue weighted by Gasteiger charge is -2.28. The van der Waals surface area contributed by atoms with Gasteiger partial charge in [-0.15, -0.1) is 0 Å². The zero-order valence-electron chi connectivity index (χ0n) is 22.0. The van der Waals surface area contributed by atoms with E-state index in [2.05, 4.69) is 18.0 Å². The first kappa shape index (κ1) is 25.4. The first-order chi connectivity index (χ1) is 18.5. The number of unbranched alkanes of at least 4 members (excludes halogenated alkanes) is 1. The van der Waals surface area contributed by atoms with Crippen molar-refractivity contribution in [3.05, 3.63) is 76.2 Å². The highest BCUT2D eigenvalue weighted by Gasteiger charge is 2.28. The van der Waals surface area contributed by atoms with Crippen molar-refractivity contribution >= 4 is 33.4 Å². The number of aromatic amines is 1. The fourth-order valence-electron chi connectivity index (χ4n) is 4.84. The number of aromatic nitrogens is 2. The third-order valence-corrected chi connectivity index (χ3v) is 6.93. The fraction of sp³-hybridized carbons (Fsp3) is 0.333. The van der Waals surface area contributed by atoms with Gasteiger partial charge in [0.15, 0.2) is 0 Å². The van der Waals surface area contributed by atoms with Gasteiger partial charge in [-0.3, -0.25) is 9.59 Å². The first-order valence-corrected chi connectivity index (χ1v) is 13.1. The van der Waals surface area contributed by atoms with E-state index in [9.17, 15) is 9.59 Å². The number of fused-ring (bicyclic) bond motifs is 2. The van der Waals surface area contributed by atoms with E-state index in [1.165, 1.54) is 6.07 Å². The second kappa shape index (κ2) is 11.0. The molecule has 8 nitrogen and oxygen atoms in total. The van der Waals surface area contributed by atoms with Crippen molar-refractivity contribution in [2.45, 2.75) is 39.5 Å². The van der Waals surface area contributed by atoms with Crippen LogP contribution in [0.25, 0.3) is 21.8 Å². The summed E-state index contributed by atoms with van der Waals surface area (Å²) in [5, 5.41) is 8.33. The molecule has 3 heterocycles. The summed E-state index contributed by atoms with van der Waals surface area (Å²) >= 11 is 0. The second-order valence-electron chi connectivity index (χ2n) is 9.60. The van der Waals surface area contributed by atoms with Crippen molar-refractivity contribution in [3.8, 4) is 11.5 Å². The summed E-state index contributed by atoms with van der Waals surface area (Å²) in [6.45, 7) is 5.18.